The third-order valence-corrected chi connectivity index (χ3v) is 4.95. The summed E-state index contributed by atoms with van der Waals surface area (Å²) in [5.74, 6) is 0.266. The number of likely N-dealkylation sites (N-methyl/N-ethyl adjacent to an activating group) is 1. The van der Waals surface area contributed by atoms with Crippen molar-refractivity contribution in [1.29, 1.82) is 0 Å². The summed E-state index contributed by atoms with van der Waals surface area (Å²) in [6.45, 7) is 5.31. The molecule has 2 aliphatic heterocycles. The summed E-state index contributed by atoms with van der Waals surface area (Å²) >= 11 is 0. The highest BCUT2D eigenvalue weighted by Gasteiger charge is 2.39. The molecule has 1 N–H and O–H groups in total. The standard InChI is InChI=1S/C17H26N4O/c1-20(11-15-3-7-18-8-4-15)12-16(22)21-10-2-5-17(14-21)6-9-19-13-17/h3-4,7-8,19H,2,5-6,9-14H2,1H3/t17-/m1/s1. The second kappa shape index (κ2) is 6.75. The highest BCUT2D eigenvalue weighted by molar-refractivity contribution is 5.78. The molecule has 5 nitrogen and oxygen atoms in total. The van der Waals surface area contributed by atoms with Gasteiger partial charge in [-0.25, -0.2) is 0 Å². The van der Waals surface area contributed by atoms with Crippen LogP contribution >= 0.6 is 0 Å². The molecule has 120 valence electrons. The molecule has 5 heteroatoms. The minimum absolute atomic E-state index is 0.266. The van der Waals surface area contributed by atoms with Crippen LogP contribution in [0.1, 0.15) is 24.8 Å². The first-order valence-corrected chi connectivity index (χ1v) is 8.23. The molecule has 2 fully saturated rings. The van der Waals surface area contributed by atoms with Crippen molar-refractivity contribution in [3.05, 3.63) is 30.1 Å². The summed E-state index contributed by atoms with van der Waals surface area (Å²) in [4.78, 5) is 20.8. The molecule has 0 radical (unpaired) electrons. The van der Waals surface area contributed by atoms with Gasteiger partial charge in [0.15, 0.2) is 0 Å². The van der Waals surface area contributed by atoms with Gasteiger partial charge in [0.2, 0.25) is 5.91 Å². The molecule has 0 aliphatic carbocycles. The summed E-state index contributed by atoms with van der Waals surface area (Å²) in [7, 11) is 2.01. The smallest absolute Gasteiger partial charge is 0.236 e. The fourth-order valence-corrected chi connectivity index (χ4v) is 3.75. The van der Waals surface area contributed by atoms with E-state index in [9.17, 15) is 4.79 Å². The Morgan fingerprint density at radius 2 is 2.23 bits per heavy atom. The van der Waals surface area contributed by atoms with Crippen LogP contribution < -0.4 is 5.32 Å². The minimum Gasteiger partial charge on any atom is -0.341 e. The number of rotatable bonds is 4. The molecule has 0 bridgehead atoms. The summed E-state index contributed by atoms with van der Waals surface area (Å²) in [6.07, 6.45) is 7.21. The van der Waals surface area contributed by atoms with Crippen molar-refractivity contribution in [1.82, 2.24) is 20.1 Å². The maximum atomic E-state index is 12.6. The topological polar surface area (TPSA) is 48.5 Å². The van der Waals surface area contributed by atoms with E-state index in [2.05, 4.69) is 20.1 Å². The van der Waals surface area contributed by atoms with Crippen LogP contribution in [0.3, 0.4) is 0 Å². The number of nitrogens with one attached hydrogen (secondary N) is 1. The highest BCUT2D eigenvalue weighted by atomic mass is 16.2. The third-order valence-electron chi connectivity index (χ3n) is 4.95. The van der Waals surface area contributed by atoms with E-state index < -0.39 is 0 Å². The van der Waals surface area contributed by atoms with Crippen LogP contribution in [0, 0.1) is 5.41 Å². The molecule has 3 heterocycles. The van der Waals surface area contributed by atoms with Crippen LogP contribution in [0.2, 0.25) is 0 Å². The maximum absolute atomic E-state index is 12.6. The van der Waals surface area contributed by atoms with Crippen LogP contribution in [-0.2, 0) is 11.3 Å². The molecule has 1 atom stereocenters. The second-order valence-electron chi connectivity index (χ2n) is 6.87. The van der Waals surface area contributed by atoms with E-state index in [1.807, 2.05) is 19.2 Å². The summed E-state index contributed by atoms with van der Waals surface area (Å²) in [5.41, 5.74) is 1.54. The molecule has 1 aromatic rings. The van der Waals surface area contributed by atoms with Gasteiger partial charge in [-0.1, -0.05) is 0 Å². The van der Waals surface area contributed by atoms with Crippen molar-refractivity contribution in [3.63, 3.8) is 0 Å². The van der Waals surface area contributed by atoms with Crippen LogP contribution in [0.15, 0.2) is 24.5 Å². The Morgan fingerprint density at radius 3 is 2.95 bits per heavy atom. The van der Waals surface area contributed by atoms with Crippen LogP contribution in [0.25, 0.3) is 0 Å². The Balaban J connectivity index is 1.52. The van der Waals surface area contributed by atoms with Crippen molar-refractivity contribution >= 4 is 5.91 Å². The van der Waals surface area contributed by atoms with Crippen LogP contribution in [0.5, 0.6) is 0 Å². The number of amides is 1. The molecule has 3 rings (SSSR count). The van der Waals surface area contributed by atoms with Gasteiger partial charge in [-0.3, -0.25) is 14.7 Å². The van der Waals surface area contributed by atoms with E-state index in [0.29, 0.717) is 12.0 Å². The van der Waals surface area contributed by atoms with Crippen molar-refractivity contribution < 1.29 is 4.79 Å². The maximum Gasteiger partial charge on any atom is 0.236 e. The SMILES string of the molecule is CN(CC(=O)N1CCC[C@]2(CCNC2)C1)Cc1ccncc1. The van der Waals surface area contributed by atoms with Crippen LogP contribution in [-0.4, -0.2) is 60.5 Å². The lowest BCUT2D eigenvalue weighted by atomic mass is 9.79. The van der Waals surface area contributed by atoms with Gasteiger partial charge in [-0.05, 0) is 50.6 Å². The average Bonchev–Trinajstić information content (AvgIpc) is 2.96. The fourth-order valence-electron chi connectivity index (χ4n) is 3.75. The number of aromatic nitrogens is 1. The second-order valence-corrected chi connectivity index (χ2v) is 6.87. The molecule has 1 spiro atoms. The van der Waals surface area contributed by atoms with Crippen molar-refractivity contribution in [2.45, 2.75) is 25.8 Å². The number of carbonyl (C=O) groups is 1. The molecular formula is C17H26N4O. The zero-order chi connectivity index (χ0) is 15.4. The fraction of sp³-hybridized carbons (Fsp3) is 0.647. The van der Waals surface area contributed by atoms with Gasteiger partial charge in [-0.15, -0.1) is 0 Å². The molecule has 0 aromatic carbocycles. The molecule has 0 unspecified atom stereocenters. The number of carbonyl (C=O) groups excluding carboxylic acids is 1. The van der Waals surface area contributed by atoms with Gasteiger partial charge in [-0.2, -0.15) is 0 Å². The van der Waals surface area contributed by atoms with Crippen LogP contribution in [0.4, 0.5) is 0 Å². The molecule has 2 saturated heterocycles. The molecule has 2 aliphatic rings. The van der Waals surface area contributed by atoms with E-state index >= 15 is 0 Å². The Hall–Kier alpha value is -1.46. The number of likely N-dealkylation sites (tertiary alicyclic amines) is 1. The zero-order valence-corrected chi connectivity index (χ0v) is 13.4. The van der Waals surface area contributed by atoms with Gasteiger partial charge in [0.05, 0.1) is 6.54 Å². The average molecular weight is 302 g/mol. The Kier molecular flexibility index (Phi) is 4.74. The minimum atomic E-state index is 0.266. The lowest BCUT2D eigenvalue weighted by Gasteiger charge is -2.40. The number of nitrogens with zero attached hydrogens (tertiary/aromatic N) is 3. The Bertz CT molecular complexity index is 499. The first-order valence-electron chi connectivity index (χ1n) is 8.23. The first-order chi connectivity index (χ1) is 10.7. The zero-order valence-electron chi connectivity index (χ0n) is 13.4. The lowest BCUT2D eigenvalue weighted by Crippen LogP contribution is -2.49. The van der Waals surface area contributed by atoms with Crippen molar-refractivity contribution in [2.75, 3.05) is 39.8 Å². The number of piperidine rings is 1. The molecule has 1 aromatic heterocycles. The lowest BCUT2D eigenvalue weighted by molar-refractivity contribution is -0.135. The highest BCUT2D eigenvalue weighted by Crippen LogP contribution is 2.35. The van der Waals surface area contributed by atoms with Gasteiger partial charge >= 0.3 is 0 Å². The quantitative estimate of drug-likeness (QED) is 0.905. The molecule has 22 heavy (non-hydrogen) atoms. The van der Waals surface area contributed by atoms with Gasteiger partial charge in [0.25, 0.3) is 0 Å². The molecule has 1 amide bonds. The Morgan fingerprint density at radius 1 is 1.41 bits per heavy atom. The first kappa shape index (κ1) is 15.4. The predicted molar refractivity (Wildman–Crippen MR) is 86.3 cm³/mol. The number of hydrogen-bond acceptors (Lipinski definition) is 4. The van der Waals surface area contributed by atoms with Gasteiger partial charge < -0.3 is 10.2 Å². The number of pyridine rings is 1. The van der Waals surface area contributed by atoms with Crippen molar-refractivity contribution in [3.8, 4) is 0 Å². The summed E-state index contributed by atoms with van der Waals surface area (Å²) in [6, 6.07) is 4.00. The van der Waals surface area contributed by atoms with E-state index in [-0.39, 0.29) is 5.91 Å². The van der Waals surface area contributed by atoms with E-state index in [1.165, 1.54) is 18.4 Å². The van der Waals surface area contributed by atoms with Gasteiger partial charge in [0, 0.05) is 44.0 Å². The molecule has 0 saturated carbocycles. The number of hydrogen-bond donors (Lipinski definition) is 1. The summed E-state index contributed by atoms with van der Waals surface area (Å²) < 4.78 is 0. The van der Waals surface area contributed by atoms with Crippen molar-refractivity contribution in [2.24, 2.45) is 5.41 Å². The van der Waals surface area contributed by atoms with E-state index in [0.717, 1.165) is 39.1 Å². The summed E-state index contributed by atoms with van der Waals surface area (Å²) in [5, 5.41) is 3.46. The molecular weight excluding hydrogens is 276 g/mol. The van der Waals surface area contributed by atoms with Gasteiger partial charge in [0.1, 0.15) is 0 Å². The largest absolute Gasteiger partial charge is 0.341 e. The third kappa shape index (κ3) is 3.65. The predicted octanol–water partition coefficient (Wildman–Crippen LogP) is 1.12. The monoisotopic (exact) mass is 302 g/mol. The van der Waals surface area contributed by atoms with E-state index in [4.69, 9.17) is 0 Å². The normalized spacial score (nSPS) is 25.1. The van der Waals surface area contributed by atoms with E-state index in [1.54, 1.807) is 12.4 Å². The Labute approximate surface area is 132 Å².